The number of aromatic nitrogens is 1. The second-order valence-corrected chi connectivity index (χ2v) is 6.49. The third kappa shape index (κ3) is 4.60. The maximum absolute atomic E-state index is 10.2. The Kier molecular flexibility index (Phi) is 6.00. The molecular formula is C19H21N3O4S. The molecule has 1 aromatic heterocycles. The average Bonchev–Trinajstić information content (AvgIpc) is 3.17. The van der Waals surface area contributed by atoms with E-state index in [1.54, 1.807) is 26.5 Å². The number of methoxy groups -OCH3 is 2. The Morgan fingerprint density at radius 2 is 1.74 bits per heavy atom. The average molecular weight is 387 g/mol. The van der Waals surface area contributed by atoms with E-state index in [1.807, 2.05) is 42.6 Å². The SMILES string of the molecule is COc1cc(C)c(Oc2ccccc2NC(O)Nc2nccs2)cc1OC. The molecule has 8 heteroatoms. The van der Waals surface area contributed by atoms with Gasteiger partial charge in [-0.2, -0.15) is 0 Å². The molecule has 0 radical (unpaired) electrons. The molecule has 0 amide bonds. The summed E-state index contributed by atoms with van der Waals surface area (Å²) in [6.07, 6.45) is 0.642. The second-order valence-electron chi connectivity index (χ2n) is 5.60. The number of thiazole rings is 1. The molecule has 7 nitrogen and oxygen atoms in total. The van der Waals surface area contributed by atoms with E-state index in [9.17, 15) is 5.11 Å². The van der Waals surface area contributed by atoms with Gasteiger partial charge in [-0.05, 0) is 30.7 Å². The first-order chi connectivity index (χ1) is 13.1. The lowest BCUT2D eigenvalue weighted by molar-refractivity contribution is 0.232. The molecule has 0 aliphatic heterocycles. The molecule has 0 spiro atoms. The van der Waals surface area contributed by atoms with Crippen molar-refractivity contribution in [3.63, 3.8) is 0 Å². The first-order valence-corrected chi connectivity index (χ1v) is 9.09. The van der Waals surface area contributed by atoms with E-state index in [4.69, 9.17) is 14.2 Å². The van der Waals surface area contributed by atoms with Crippen molar-refractivity contribution in [1.29, 1.82) is 0 Å². The van der Waals surface area contributed by atoms with Crippen molar-refractivity contribution in [2.75, 3.05) is 24.9 Å². The van der Waals surface area contributed by atoms with Crippen molar-refractivity contribution in [2.45, 2.75) is 13.3 Å². The zero-order valence-corrected chi connectivity index (χ0v) is 16.0. The van der Waals surface area contributed by atoms with E-state index in [0.29, 0.717) is 33.8 Å². The van der Waals surface area contributed by atoms with Gasteiger partial charge in [0, 0.05) is 17.6 Å². The summed E-state index contributed by atoms with van der Waals surface area (Å²) in [6.45, 7) is 1.92. The van der Waals surface area contributed by atoms with Crippen LogP contribution < -0.4 is 24.8 Å². The van der Waals surface area contributed by atoms with Gasteiger partial charge in [0.1, 0.15) is 5.75 Å². The predicted molar refractivity (Wildman–Crippen MR) is 106 cm³/mol. The molecule has 3 rings (SSSR count). The molecule has 1 heterocycles. The highest BCUT2D eigenvalue weighted by Gasteiger charge is 2.14. The van der Waals surface area contributed by atoms with Crippen molar-refractivity contribution in [3.05, 3.63) is 53.5 Å². The van der Waals surface area contributed by atoms with Gasteiger partial charge in [-0.3, -0.25) is 0 Å². The lowest BCUT2D eigenvalue weighted by Gasteiger charge is -2.19. The van der Waals surface area contributed by atoms with Gasteiger partial charge in [-0.1, -0.05) is 12.1 Å². The first kappa shape index (κ1) is 18.8. The fraction of sp³-hybridized carbons (Fsp3) is 0.211. The van der Waals surface area contributed by atoms with Gasteiger partial charge < -0.3 is 30.0 Å². The minimum absolute atomic E-state index is 0.563. The van der Waals surface area contributed by atoms with E-state index < -0.39 is 6.35 Å². The number of aryl methyl sites for hydroxylation is 1. The van der Waals surface area contributed by atoms with Crippen molar-refractivity contribution in [3.8, 4) is 23.0 Å². The summed E-state index contributed by atoms with van der Waals surface area (Å²) < 4.78 is 16.7. The Balaban J connectivity index is 1.80. The number of rotatable bonds is 8. The fourth-order valence-corrected chi connectivity index (χ4v) is 3.01. The van der Waals surface area contributed by atoms with Crippen LogP contribution >= 0.6 is 11.3 Å². The molecule has 0 saturated carbocycles. The van der Waals surface area contributed by atoms with Gasteiger partial charge in [0.05, 0.1) is 19.9 Å². The summed E-state index contributed by atoms with van der Waals surface area (Å²) in [5.41, 5.74) is 1.52. The number of para-hydroxylation sites is 2. The number of hydrogen-bond acceptors (Lipinski definition) is 8. The molecule has 1 unspecified atom stereocenters. The molecule has 0 saturated heterocycles. The van der Waals surface area contributed by atoms with Gasteiger partial charge >= 0.3 is 0 Å². The van der Waals surface area contributed by atoms with E-state index in [-0.39, 0.29) is 0 Å². The minimum atomic E-state index is -1.02. The molecule has 0 aliphatic carbocycles. The number of benzene rings is 2. The Labute approximate surface area is 161 Å². The van der Waals surface area contributed by atoms with Gasteiger partial charge in [-0.15, -0.1) is 11.3 Å². The van der Waals surface area contributed by atoms with Crippen LogP contribution in [0.25, 0.3) is 0 Å². The number of aliphatic hydroxyl groups excluding tert-OH is 1. The summed E-state index contributed by atoms with van der Waals surface area (Å²) in [6, 6.07) is 11.0. The molecule has 3 aromatic rings. The minimum Gasteiger partial charge on any atom is -0.493 e. The highest BCUT2D eigenvalue weighted by molar-refractivity contribution is 7.13. The molecule has 142 valence electrons. The number of ether oxygens (including phenoxy) is 3. The Bertz CT molecular complexity index is 887. The third-order valence-corrected chi connectivity index (χ3v) is 4.48. The summed E-state index contributed by atoms with van der Waals surface area (Å²) in [5, 5.41) is 18.5. The van der Waals surface area contributed by atoms with E-state index >= 15 is 0 Å². The maximum Gasteiger partial charge on any atom is 0.204 e. The first-order valence-electron chi connectivity index (χ1n) is 8.21. The fourth-order valence-electron chi connectivity index (χ4n) is 2.46. The van der Waals surface area contributed by atoms with Crippen molar-refractivity contribution < 1.29 is 19.3 Å². The molecular weight excluding hydrogens is 366 g/mol. The lowest BCUT2D eigenvalue weighted by Crippen LogP contribution is -2.28. The van der Waals surface area contributed by atoms with Gasteiger partial charge in [0.15, 0.2) is 22.4 Å². The van der Waals surface area contributed by atoms with Gasteiger partial charge in [-0.25, -0.2) is 4.98 Å². The lowest BCUT2D eigenvalue weighted by atomic mass is 10.2. The highest BCUT2D eigenvalue weighted by Crippen LogP contribution is 2.38. The third-order valence-electron chi connectivity index (χ3n) is 3.77. The summed E-state index contributed by atoms with van der Waals surface area (Å²) in [4.78, 5) is 4.09. The van der Waals surface area contributed by atoms with Gasteiger partial charge in [0.25, 0.3) is 0 Å². The standard InChI is InChI=1S/C19H21N3O4S/c1-12-10-16(24-2)17(25-3)11-15(12)26-14-7-5-4-6-13(14)21-18(23)22-19-20-8-9-27-19/h4-11,18,21,23H,1-3H3,(H,20,22). The zero-order valence-electron chi connectivity index (χ0n) is 15.2. The predicted octanol–water partition coefficient (Wildman–Crippen LogP) is 4.06. The second kappa shape index (κ2) is 8.61. The van der Waals surface area contributed by atoms with Crippen molar-refractivity contribution in [2.24, 2.45) is 0 Å². The van der Waals surface area contributed by atoms with Crippen LogP contribution in [0, 0.1) is 6.92 Å². The molecule has 27 heavy (non-hydrogen) atoms. The zero-order chi connectivity index (χ0) is 19.2. The quantitative estimate of drug-likeness (QED) is 0.503. The van der Waals surface area contributed by atoms with E-state index in [0.717, 1.165) is 5.56 Å². The normalized spacial score (nSPS) is 11.6. The van der Waals surface area contributed by atoms with Crippen LogP contribution in [0.1, 0.15) is 5.56 Å². The van der Waals surface area contributed by atoms with Gasteiger partial charge in [0.2, 0.25) is 6.35 Å². The number of hydrogen-bond donors (Lipinski definition) is 3. The highest BCUT2D eigenvalue weighted by atomic mass is 32.1. The molecule has 1 atom stereocenters. The van der Waals surface area contributed by atoms with Crippen LogP contribution in [0.5, 0.6) is 23.0 Å². The monoisotopic (exact) mass is 387 g/mol. The molecule has 0 fully saturated rings. The van der Waals surface area contributed by atoms with Crippen LogP contribution in [-0.4, -0.2) is 30.7 Å². The molecule has 0 bridgehead atoms. The van der Waals surface area contributed by atoms with Crippen LogP contribution in [0.3, 0.4) is 0 Å². The van der Waals surface area contributed by atoms with Crippen LogP contribution in [0.2, 0.25) is 0 Å². The summed E-state index contributed by atoms with van der Waals surface area (Å²) >= 11 is 1.40. The largest absolute Gasteiger partial charge is 0.493 e. The maximum atomic E-state index is 10.2. The Hall–Kier alpha value is -2.97. The van der Waals surface area contributed by atoms with Crippen LogP contribution in [0.15, 0.2) is 48.0 Å². The Morgan fingerprint density at radius 1 is 1.00 bits per heavy atom. The van der Waals surface area contributed by atoms with E-state index in [1.165, 1.54) is 11.3 Å². The number of nitrogens with zero attached hydrogens (tertiary/aromatic N) is 1. The molecule has 3 N–H and O–H groups in total. The number of nitrogens with one attached hydrogen (secondary N) is 2. The number of aliphatic hydroxyl groups is 1. The summed E-state index contributed by atoms with van der Waals surface area (Å²) in [7, 11) is 3.17. The smallest absolute Gasteiger partial charge is 0.204 e. The number of anilines is 2. The van der Waals surface area contributed by atoms with E-state index in [2.05, 4.69) is 15.6 Å². The van der Waals surface area contributed by atoms with Crippen molar-refractivity contribution >= 4 is 22.2 Å². The Morgan fingerprint density at radius 3 is 2.44 bits per heavy atom. The van der Waals surface area contributed by atoms with Crippen molar-refractivity contribution in [1.82, 2.24) is 4.98 Å². The van der Waals surface area contributed by atoms with Crippen LogP contribution in [0.4, 0.5) is 10.8 Å². The van der Waals surface area contributed by atoms with Crippen LogP contribution in [-0.2, 0) is 0 Å². The summed E-state index contributed by atoms with van der Waals surface area (Å²) in [5.74, 6) is 2.41. The molecule has 2 aromatic carbocycles. The topological polar surface area (TPSA) is 84.9 Å². The molecule has 0 aliphatic rings.